The molecule has 0 aromatic heterocycles. The summed E-state index contributed by atoms with van der Waals surface area (Å²) in [5, 5.41) is 10.3. The lowest BCUT2D eigenvalue weighted by atomic mass is 10.3. The highest BCUT2D eigenvalue weighted by atomic mass is 35.5. The zero-order chi connectivity index (χ0) is 17.4. The Labute approximate surface area is 144 Å². The molecule has 22 heavy (non-hydrogen) atoms. The maximum absolute atomic E-state index is 11.5. The Balaban J connectivity index is 0. The van der Waals surface area contributed by atoms with Crippen LogP contribution in [0.3, 0.4) is 0 Å². The Bertz CT molecular complexity index is 273. The number of halogens is 2. The Kier molecular flexibility index (Phi) is 18.6. The van der Waals surface area contributed by atoms with E-state index in [0.29, 0.717) is 13.0 Å². The second-order valence-electron chi connectivity index (χ2n) is 4.15. The van der Waals surface area contributed by atoms with Crippen molar-refractivity contribution in [1.29, 1.82) is 0 Å². The first-order valence-corrected chi connectivity index (χ1v) is 9.66. The Morgan fingerprint density at radius 1 is 1.14 bits per heavy atom. The third-order valence-corrected chi connectivity index (χ3v) is 3.18. The molecule has 3 atom stereocenters. The monoisotopic (exact) mass is 382 g/mol. The maximum Gasteiger partial charge on any atom is 0.323 e. The highest BCUT2D eigenvalue weighted by molar-refractivity contribution is 7.33. The number of ether oxygens (including phenoxy) is 2. The second kappa shape index (κ2) is 16.5. The zero-order valence-electron chi connectivity index (χ0n) is 13.8. The van der Waals surface area contributed by atoms with Crippen LogP contribution in [0.25, 0.3) is 0 Å². The van der Waals surface area contributed by atoms with Crippen molar-refractivity contribution in [2.24, 2.45) is 0 Å². The summed E-state index contributed by atoms with van der Waals surface area (Å²) in [4.78, 5) is 0. The van der Waals surface area contributed by atoms with Gasteiger partial charge in [-0.1, -0.05) is 20.8 Å². The molecule has 0 heterocycles. The minimum absolute atomic E-state index is 0.0768. The van der Waals surface area contributed by atoms with E-state index in [2.05, 4.69) is 0 Å². The maximum atomic E-state index is 11.5. The molecular formula is C13H29Cl2O6P. The third-order valence-electron chi connectivity index (χ3n) is 2.13. The number of alkyl halides is 2. The summed E-state index contributed by atoms with van der Waals surface area (Å²) in [5.74, 6) is -1.16. The summed E-state index contributed by atoms with van der Waals surface area (Å²) >= 11 is 10.4. The highest BCUT2D eigenvalue weighted by Gasteiger charge is 2.39. The molecular weight excluding hydrogens is 354 g/mol. The van der Waals surface area contributed by atoms with Crippen LogP contribution in [0, 0.1) is 0 Å². The summed E-state index contributed by atoms with van der Waals surface area (Å²) in [6.07, 6.45) is 0.675. The molecule has 9 heteroatoms. The van der Waals surface area contributed by atoms with Gasteiger partial charge in [-0.15, -0.1) is 23.2 Å². The van der Waals surface area contributed by atoms with Crippen LogP contribution in [-0.4, -0.2) is 48.8 Å². The summed E-state index contributed by atoms with van der Waals surface area (Å²) in [6.45, 7) is 8.06. The molecule has 1 N–H and O–H groups in total. The fraction of sp³-hybridized carbons (Fsp3) is 1.00. The molecule has 6 nitrogen and oxygen atoms in total. The van der Waals surface area contributed by atoms with Crippen molar-refractivity contribution < 1.29 is 28.2 Å². The first-order chi connectivity index (χ1) is 10.4. The average molecular weight is 383 g/mol. The Hall–Kier alpha value is 0.610. The zero-order valence-corrected chi connectivity index (χ0v) is 16.3. The minimum Gasteiger partial charge on any atom is -0.370 e. The molecule has 0 aliphatic heterocycles. The molecule has 0 aromatic carbocycles. The van der Waals surface area contributed by atoms with Crippen molar-refractivity contribution in [2.75, 3.05) is 31.6 Å². The van der Waals surface area contributed by atoms with E-state index in [0.717, 1.165) is 12.3 Å². The predicted octanol–water partition coefficient (Wildman–Crippen LogP) is 3.78. The minimum atomic E-state index is -2.90. The van der Waals surface area contributed by atoms with Gasteiger partial charge in [0, 0.05) is 18.4 Å². The molecule has 3 unspecified atom stereocenters. The molecule has 0 amide bonds. The van der Waals surface area contributed by atoms with Crippen LogP contribution in [0.1, 0.15) is 40.5 Å². The van der Waals surface area contributed by atoms with E-state index in [1.807, 2.05) is 20.8 Å². The largest absolute Gasteiger partial charge is 0.370 e. The van der Waals surface area contributed by atoms with Gasteiger partial charge in [0.2, 0.25) is 0 Å². The van der Waals surface area contributed by atoms with Gasteiger partial charge in [0.25, 0.3) is 0 Å². The Morgan fingerprint density at radius 2 is 1.68 bits per heavy atom. The van der Waals surface area contributed by atoms with E-state index in [-0.39, 0.29) is 19.1 Å². The van der Waals surface area contributed by atoms with Gasteiger partial charge in [-0.2, -0.15) is 0 Å². The van der Waals surface area contributed by atoms with Crippen molar-refractivity contribution in [3.8, 4) is 0 Å². The summed E-state index contributed by atoms with van der Waals surface area (Å²) in [6, 6.07) is 0. The van der Waals surface area contributed by atoms with Crippen molar-refractivity contribution in [2.45, 2.75) is 52.6 Å². The van der Waals surface area contributed by atoms with Gasteiger partial charge in [0.1, 0.15) is 6.10 Å². The van der Waals surface area contributed by atoms with E-state index in [1.165, 1.54) is 0 Å². The van der Waals surface area contributed by atoms with Gasteiger partial charge in [0.15, 0.2) is 0 Å². The number of rotatable bonds is 12. The molecule has 0 aliphatic rings. The topological polar surface area (TPSA) is 74.2 Å². The second-order valence-corrected chi connectivity index (χ2v) is 6.05. The lowest BCUT2D eigenvalue weighted by Crippen LogP contribution is -2.46. The van der Waals surface area contributed by atoms with Crippen molar-refractivity contribution in [3.05, 3.63) is 0 Å². The molecule has 0 rings (SSSR count). The van der Waals surface area contributed by atoms with Crippen LogP contribution in [-0.2, 0) is 23.1 Å². The molecule has 0 saturated heterocycles. The molecule has 0 aliphatic carbocycles. The standard InChI is InChI=1S/C11H24ClO6P.C2H5Cl/c1-4-7-15-10(3)11(13,16-8-5-2)18-19(14)17-9-6-12;1-2-3/h10,13,19H,4-9H2,1-3H3;2H2,1H3. The summed E-state index contributed by atoms with van der Waals surface area (Å²) in [7, 11) is -2.90. The van der Waals surface area contributed by atoms with Gasteiger partial charge in [0.05, 0.1) is 13.2 Å². The first kappa shape index (κ1) is 24.9. The van der Waals surface area contributed by atoms with Crippen molar-refractivity contribution in [3.63, 3.8) is 0 Å². The van der Waals surface area contributed by atoms with E-state index in [9.17, 15) is 9.67 Å². The van der Waals surface area contributed by atoms with Gasteiger partial charge < -0.3 is 19.1 Å². The lowest BCUT2D eigenvalue weighted by molar-refractivity contribution is -0.363. The molecule has 0 aromatic rings. The van der Waals surface area contributed by atoms with Crippen LogP contribution in [0.15, 0.2) is 0 Å². The number of hydrogen-bond acceptors (Lipinski definition) is 6. The van der Waals surface area contributed by atoms with Crippen LogP contribution in [0.4, 0.5) is 0 Å². The molecule has 0 saturated carbocycles. The quantitative estimate of drug-likeness (QED) is 0.314. The van der Waals surface area contributed by atoms with E-state index >= 15 is 0 Å². The molecule has 0 fully saturated rings. The van der Waals surface area contributed by atoms with Gasteiger partial charge in [-0.3, -0.25) is 4.57 Å². The van der Waals surface area contributed by atoms with Crippen molar-refractivity contribution in [1.82, 2.24) is 0 Å². The van der Waals surface area contributed by atoms with E-state index < -0.39 is 20.3 Å². The smallest absolute Gasteiger partial charge is 0.323 e. The molecule has 0 bridgehead atoms. The molecule has 136 valence electrons. The number of aliphatic hydroxyl groups is 1. The van der Waals surface area contributed by atoms with Crippen LogP contribution < -0.4 is 0 Å². The van der Waals surface area contributed by atoms with Crippen LogP contribution >= 0.6 is 31.5 Å². The van der Waals surface area contributed by atoms with Crippen LogP contribution in [0.5, 0.6) is 0 Å². The molecule has 0 radical (unpaired) electrons. The van der Waals surface area contributed by atoms with Gasteiger partial charge >= 0.3 is 14.2 Å². The summed E-state index contributed by atoms with van der Waals surface area (Å²) < 4.78 is 31.9. The summed E-state index contributed by atoms with van der Waals surface area (Å²) in [5.41, 5.74) is 0. The average Bonchev–Trinajstić information content (AvgIpc) is 2.49. The fourth-order valence-electron chi connectivity index (χ4n) is 1.15. The van der Waals surface area contributed by atoms with E-state index in [1.54, 1.807) is 6.92 Å². The molecule has 0 spiro atoms. The van der Waals surface area contributed by atoms with E-state index in [4.69, 9.17) is 41.7 Å². The van der Waals surface area contributed by atoms with Gasteiger partial charge in [-0.25, -0.2) is 4.52 Å². The first-order valence-electron chi connectivity index (χ1n) is 7.37. The SMILES string of the molecule is CCCOC(C)C(O)(OCCC)O[PH](=O)OCCCl.CCCl. The lowest BCUT2D eigenvalue weighted by Gasteiger charge is -2.32. The predicted molar refractivity (Wildman–Crippen MR) is 90.1 cm³/mol. The third kappa shape index (κ3) is 13.1. The highest BCUT2D eigenvalue weighted by Crippen LogP contribution is 2.33. The van der Waals surface area contributed by atoms with Crippen molar-refractivity contribution >= 4 is 31.5 Å². The Morgan fingerprint density at radius 3 is 2.14 bits per heavy atom. The normalized spacial score (nSPS) is 16.3. The van der Waals surface area contributed by atoms with Gasteiger partial charge in [-0.05, 0) is 19.8 Å². The van der Waals surface area contributed by atoms with Crippen LogP contribution in [0.2, 0.25) is 0 Å². The number of hydrogen-bond donors (Lipinski definition) is 1. The fourth-order valence-corrected chi connectivity index (χ4v) is 2.15.